The number of hydrogen-bond acceptors (Lipinski definition) is 3. The summed E-state index contributed by atoms with van der Waals surface area (Å²) >= 11 is 0. The molecule has 3 heteroatoms. The molecule has 0 radical (unpaired) electrons. The van der Waals surface area contributed by atoms with Crippen molar-refractivity contribution in [2.75, 3.05) is 26.8 Å². The lowest BCUT2D eigenvalue weighted by molar-refractivity contribution is 0.0407. The third kappa shape index (κ3) is 3.96. The summed E-state index contributed by atoms with van der Waals surface area (Å²) in [4.78, 5) is 2.73. The van der Waals surface area contributed by atoms with Crippen molar-refractivity contribution in [1.29, 1.82) is 0 Å². The molecule has 0 heterocycles. The summed E-state index contributed by atoms with van der Waals surface area (Å²) in [7, 11) is 1.81. The normalized spacial score (nSPS) is 31.5. The molecule has 0 spiro atoms. The maximum atomic E-state index is 6.28. The molecule has 2 aliphatic carbocycles. The minimum Gasteiger partial charge on any atom is -0.383 e. The molecule has 0 aliphatic heterocycles. The van der Waals surface area contributed by atoms with E-state index in [1.807, 2.05) is 7.11 Å². The average molecular weight is 282 g/mol. The van der Waals surface area contributed by atoms with Gasteiger partial charge in [-0.25, -0.2) is 0 Å². The number of methoxy groups -OCH3 is 1. The number of nitrogens with two attached hydrogens (primary N) is 1. The zero-order valence-electron chi connectivity index (χ0n) is 13.6. The quantitative estimate of drug-likeness (QED) is 0.695. The van der Waals surface area contributed by atoms with Gasteiger partial charge in [-0.1, -0.05) is 32.6 Å². The Morgan fingerprint density at radius 1 is 1.20 bits per heavy atom. The maximum absolute atomic E-state index is 6.28. The Morgan fingerprint density at radius 2 is 2.00 bits per heavy atom. The molecule has 3 nitrogen and oxygen atoms in total. The van der Waals surface area contributed by atoms with Gasteiger partial charge in [-0.3, -0.25) is 4.90 Å². The Kier molecular flexibility index (Phi) is 6.31. The summed E-state index contributed by atoms with van der Waals surface area (Å²) < 4.78 is 5.34. The molecule has 0 aromatic rings. The fourth-order valence-electron chi connectivity index (χ4n) is 4.15. The molecule has 0 bridgehead atoms. The molecule has 2 N–H and O–H groups in total. The van der Waals surface area contributed by atoms with Crippen molar-refractivity contribution in [2.45, 2.75) is 76.3 Å². The van der Waals surface area contributed by atoms with E-state index < -0.39 is 0 Å². The summed E-state index contributed by atoms with van der Waals surface area (Å²) in [5.74, 6) is 0.942. The van der Waals surface area contributed by atoms with Crippen molar-refractivity contribution >= 4 is 0 Å². The van der Waals surface area contributed by atoms with E-state index >= 15 is 0 Å². The second-order valence-corrected chi connectivity index (χ2v) is 6.93. The molecule has 2 saturated carbocycles. The van der Waals surface area contributed by atoms with Crippen LogP contribution in [0.25, 0.3) is 0 Å². The van der Waals surface area contributed by atoms with Gasteiger partial charge in [-0.2, -0.15) is 0 Å². The summed E-state index contributed by atoms with van der Waals surface area (Å²) in [6, 6.07) is 0.788. The molecule has 0 aromatic heterocycles. The molecule has 20 heavy (non-hydrogen) atoms. The maximum Gasteiger partial charge on any atom is 0.0590 e. The first-order valence-corrected chi connectivity index (χ1v) is 8.71. The molecule has 0 amide bonds. The van der Waals surface area contributed by atoms with Crippen molar-refractivity contribution in [2.24, 2.45) is 11.7 Å². The lowest BCUT2D eigenvalue weighted by atomic mass is 9.86. The van der Waals surface area contributed by atoms with Crippen LogP contribution in [-0.2, 0) is 4.74 Å². The Bertz CT molecular complexity index is 280. The predicted octanol–water partition coefficient (Wildman–Crippen LogP) is 3.18. The minimum atomic E-state index is 0.266. The van der Waals surface area contributed by atoms with Crippen molar-refractivity contribution in [1.82, 2.24) is 4.90 Å². The fraction of sp³-hybridized carbons (Fsp3) is 1.00. The second kappa shape index (κ2) is 7.77. The highest BCUT2D eigenvalue weighted by molar-refractivity contribution is 5.00. The number of nitrogens with zero attached hydrogens (tertiary/aromatic N) is 1. The largest absolute Gasteiger partial charge is 0.383 e. The van der Waals surface area contributed by atoms with Crippen LogP contribution in [-0.4, -0.2) is 43.3 Å². The first-order valence-electron chi connectivity index (χ1n) is 8.71. The number of ether oxygens (including phenoxy) is 1. The molecule has 118 valence electrons. The SMILES string of the molecule is CCCC1CCCC(CN)(N(CCOC)C2CC2)CC1. The van der Waals surface area contributed by atoms with Gasteiger partial charge >= 0.3 is 0 Å². The van der Waals surface area contributed by atoms with Crippen LogP contribution in [0.4, 0.5) is 0 Å². The van der Waals surface area contributed by atoms with E-state index in [1.54, 1.807) is 0 Å². The van der Waals surface area contributed by atoms with Gasteiger partial charge in [0.1, 0.15) is 0 Å². The van der Waals surface area contributed by atoms with Gasteiger partial charge in [0.2, 0.25) is 0 Å². The molecule has 2 fully saturated rings. The summed E-state index contributed by atoms with van der Waals surface area (Å²) in [6.07, 6.45) is 12.2. The van der Waals surface area contributed by atoms with E-state index in [2.05, 4.69) is 11.8 Å². The van der Waals surface area contributed by atoms with Crippen LogP contribution in [0.1, 0.15) is 64.7 Å². The van der Waals surface area contributed by atoms with E-state index in [4.69, 9.17) is 10.5 Å². The zero-order valence-corrected chi connectivity index (χ0v) is 13.6. The van der Waals surface area contributed by atoms with Gasteiger partial charge in [0.25, 0.3) is 0 Å². The van der Waals surface area contributed by atoms with Gasteiger partial charge < -0.3 is 10.5 Å². The van der Waals surface area contributed by atoms with Crippen molar-refractivity contribution < 1.29 is 4.74 Å². The standard InChI is InChI=1S/C17H34N2O/c1-3-5-15-6-4-10-17(14-18,11-9-15)19(12-13-20-2)16-7-8-16/h15-16H,3-14,18H2,1-2H3. The van der Waals surface area contributed by atoms with Gasteiger partial charge in [-0.05, 0) is 38.0 Å². The summed E-state index contributed by atoms with van der Waals surface area (Å²) in [6.45, 7) is 5.05. The predicted molar refractivity (Wildman–Crippen MR) is 84.9 cm³/mol. The molecular weight excluding hydrogens is 248 g/mol. The topological polar surface area (TPSA) is 38.5 Å². The zero-order chi connectivity index (χ0) is 14.4. The van der Waals surface area contributed by atoms with Crippen LogP contribution in [0, 0.1) is 5.92 Å². The van der Waals surface area contributed by atoms with Crippen LogP contribution >= 0.6 is 0 Å². The van der Waals surface area contributed by atoms with Crippen LogP contribution < -0.4 is 5.73 Å². The Balaban J connectivity index is 2.02. The van der Waals surface area contributed by atoms with Gasteiger partial charge in [-0.15, -0.1) is 0 Å². The molecule has 2 atom stereocenters. The highest BCUT2D eigenvalue weighted by atomic mass is 16.5. The Labute approximate surface area is 125 Å². The van der Waals surface area contributed by atoms with E-state index in [-0.39, 0.29) is 5.54 Å². The van der Waals surface area contributed by atoms with E-state index in [0.29, 0.717) is 0 Å². The first-order chi connectivity index (χ1) is 9.75. The second-order valence-electron chi connectivity index (χ2n) is 6.93. The Hall–Kier alpha value is -0.120. The molecule has 0 saturated heterocycles. The van der Waals surface area contributed by atoms with Crippen LogP contribution in [0.15, 0.2) is 0 Å². The van der Waals surface area contributed by atoms with Crippen LogP contribution in [0.3, 0.4) is 0 Å². The molecule has 2 rings (SSSR count). The molecular formula is C17H34N2O. The highest BCUT2D eigenvalue weighted by Gasteiger charge is 2.43. The molecule has 2 unspecified atom stereocenters. The van der Waals surface area contributed by atoms with Crippen molar-refractivity contribution in [3.05, 3.63) is 0 Å². The smallest absolute Gasteiger partial charge is 0.0590 e. The summed E-state index contributed by atoms with van der Waals surface area (Å²) in [5.41, 5.74) is 6.55. The summed E-state index contributed by atoms with van der Waals surface area (Å²) in [5, 5.41) is 0. The average Bonchev–Trinajstić information content (AvgIpc) is 3.28. The lowest BCUT2D eigenvalue weighted by Crippen LogP contribution is -2.55. The number of rotatable bonds is 8. The van der Waals surface area contributed by atoms with Gasteiger partial charge in [0.05, 0.1) is 6.61 Å². The van der Waals surface area contributed by atoms with E-state index in [0.717, 1.165) is 31.7 Å². The lowest BCUT2D eigenvalue weighted by Gasteiger charge is -2.43. The minimum absolute atomic E-state index is 0.266. The monoisotopic (exact) mass is 282 g/mol. The molecule has 0 aromatic carbocycles. The first kappa shape index (κ1) is 16.3. The van der Waals surface area contributed by atoms with Crippen molar-refractivity contribution in [3.8, 4) is 0 Å². The van der Waals surface area contributed by atoms with Gasteiger partial charge in [0.15, 0.2) is 0 Å². The Morgan fingerprint density at radius 3 is 2.60 bits per heavy atom. The molecule has 2 aliphatic rings. The van der Waals surface area contributed by atoms with E-state index in [1.165, 1.54) is 57.8 Å². The van der Waals surface area contributed by atoms with Crippen molar-refractivity contribution in [3.63, 3.8) is 0 Å². The van der Waals surface area contributed by atoms with E-state index in [9.17, 15) is 0 Å². The van der Waals surface area contributed by atoms with Crippen LogP contribution in [0.2, 0.25) is 0 Å². The number of hydrogen-bond donors (Lipinski definition) is 1. The third-order valence-corrected chi connectivity index (χ3v) is 5.48. The van der Waals surface area contributed by atoms with Gasteiger partial charge in [0, 0.05) is 31.8 Å². The fourth-order valence-corrected chi connectivity index (χ4v) is 4.15. The third-order valence-electron chi connectivity index (χ3n) is 5.48. The highest BCUT2D eigenvalue weighted by Crippen LogP contribution is 2.41. The van der Waals surface area contributed by atoms with Crippen LogP contribution in [0.5, 0.6) is 0 Å².